The molecule has 0 heterocycles. The Hall–Kier alpha value is -2.38. The Morgan fingerprint density at radius 3 is 1.76 bits per heavy atom. The molecule has 0 aliphatic carbocycles. The van der Waals surface area contributed by atoms with Gasteiger partial charge in [0, 0.05) is 10.3 Å². The number of rotatable bonds is 0. The van der Waals surface area contributed by atoms with Gasteiger partial charge in [-0.1, -0.05) is 73.3 Å². The SMILES string of the molecule is [S]c1ccc2cccc3c4cccc5cccc(c1c23)c54. The normalized spacial score (nSPS) is 12.0. The minimum Gasteiger partial charge on any atom is -0.0794 e. The van der Waals surface area contributed by atoms with Crippen molar-refractivity contribution in [3.8, 4) is 0 Å². The van der Waals surface area contributed by atoms with Crippen LogP contribution in [0, 0.1) is 0 Å². The first kappa shape index (κ1) is 11.3. The highest BCUT2D eigenvalue weighted by Gasteiger charge is 2.13. The lowest BCUT2D eigenvalue weighted by Crippen LogP contribution is -1.87. The first-order valence-electron chi connectivity index (χ1n) is 7.10. The second-order valence-electron chi connectivity index (χ2n) is 5.55. The zero-order valence-corrected chi connectivity index (χ0v) is 12.1. The quantitative estimate of drug-likeness (QED) is 0.231. The van der Waals surface area contributed by atoms with Crippen molar-refractivity contribution in [3.05, 3.63) is 66.7 Å². The topological polar surface area (TPSA) is 0 Å². The van der Waals surface area contributed by atoms with Gasteiger partial charge < -0.3 is 0 Å². The molecule has 0 aliphatic rings. The predicted molar refractivity (Wildman–Crippen MR) is 93.5 cm³/mol. The molecular formula is C20H11S. The third kappa shape index (κ3) is 1.34. The minimum absolute atomic E-state index is 0.942. The van der Waals surface area contributed by atoms with Crippen LogP contribution in [0.25, 0.3) is 43.1 Å². The maximum absolute atomic E-state index is 5.65. The molecule has 0 N–H and O–H groups in total. The molecule has 0 saturated carbocycles. The number of benzene rings is 5. The fourth-order valence-corrected chi connectivity index (χ4v) is 3.91. The van der Waals surface area contributed by atoms with Gasteiger partial charge in [0.05, 0.1) is 0 Å². The second-order valence-corrected chi connectivity index (χ2v) is 5.99. The van der Waals surface area contributed by atoms with E-state index < -0.39 is 0 Å². The summed E-state index contributed by atoms with van der Waals surface area (Å²) in [5.74, 6) is 0. The lowest BCUT2D eigenvalue weighted by Gasteiger charge is -2.14. The van der Waals surface area contributed by atoms with E-state index in [1.165, 1.54) is 43.1 Å². The lowest BCUT2D eigenvalue weighted by molar-refractivity contribution is 1.60. The third-order valence-corrected chi connectivity index (χ3v) is 4.81. The van der Waals surface area contributed by atoms with E-state index in [9.17, 15) is 0 Å². The van der Waals surface area contributed by atoms with Crippen LogP contribution in [0.2, 0.25) is 0 Å². The van der Waals surface area contributed by atoms with Crippen molar-refractivity contribution in [1.82, 2.24) is 0 Å². The Labute approximate surface area is 127 Å². The first-order chi connectivity index (χ1) is 10.3. The summed E-state index contributed by atoms with van der Waals surface area (Å²) in [6.07, 6.45) is 0. The van der Waals surface area contributed by atoms with E-state index in [0.29, 0.717) is 0 Å². The standard InChI is InChI=1S/C20H11S/c21-17-11-10-13-6-2-8-15-14-7-1-4-12-5-3-9-16(18(12)14)20(17)19(13)15/h1-11H. The highest BCUT2D eigenvalue weighted by molar-refractivity contribution is 7.80. The monoisotopic (exact) mass is 283 g/mol. The fraction of sp³-hybridized carbons (Fsp3) is 0. The molecule has 0 nitrogen and oxygen atoms in total. The molecule has 0 atom stereocenters. The highest BCUT2D eigenvalue weighted by Crippen LogP contribution is 2.42. The van der Waals surface area contributed by atoms with Crippen molar-refractivity contribution >= 4 is 55.7 Å². The van der Waals surface area contributed by atoms with Crippen LogP contribution in [-0.2, 0) is 0 Å². The van der Waals surface area contributed by atoms with Crippen LogP contribution in [0.4, 0.5) is 0 Å². The fourth-order valence-electron chi connectivity index (χ4n) is 3.63. The summed E-state index contributed by atoms with van der Waals surface area (Å²) < 4.78 is 0. The van der Waals surface area contributed by atoms with Crippen LogP contribution in [0.5, 0.6) is 0 Å². The summed E-state index contributed by atoms with van der Waals surface area (Å²) in [6, 6.07) is 23.8. The van der Waals surface area contributed by atoms with Crippen LogP contribution < -0.4 is 0 Å². The maximum atomic E-state index is 5.65. The second kappa shape index (κ2) is 3.84. The van der Waals surface area contributed by atoms with Crippen molar-refractivity contribution in [3.63, 3.8) is 0 Å². The molecule has 5 rings (SSSR count). The number of hydrogen-bond donors (Lipinski definition) is 0. The van der Waals surface area contributed by atoms with Gasteiger partial charge >= 0.3 is 0 Å². The average Bonchev–Trinajstić information content (AvgIpc) is 2.53. The molecule has 0 fully saturated rings. The third-order valence-electron chi connectivity index (χ3n) is 4.47. The zero-order chi connectivity index (χ0) is 14.0. The molecular weight excluding hydrogens is 272 g/mol. The highest BCUT2D eigenvalue weighted by atomic mass is 32.1. The molecule has 97 valence electrons. The molecule has 0 unspecified atom stereocenters. The number of hydrogen-bond acceptors (Lipinski definition) is 0. The van der Waals surface area contributed by atoms with Gasteiger partial charge in [-0.05, 0) is 43.8 Å². The van der Waals surface area contributed by atoms with Crippen molar-refractivity contribution < 1.29 is 0 Å². The van der Waals surface area contributed by atoms with Gasteiger partial charge in [-0.3, -0.25) is 0 Å². The smallest absolute Gasteiger partial charge is 0.0462 e. The summed E-state index contributed by atoms with van der Waals surface area (Å²) in [6.45, 7) is 0. The molecule has 0 aromatic heterocycles. The molecule has 0 bridgehead atoms. The van der Waals surface area contributed by atoms with Crippen LogP contribution in [0.3, 0.4) is 0 Å². The van der Waals surface area contributed by atoms with Crippen LogP contribution in [-0.4, -0.2) is 0 Å². The molecule has 21 heavy (non-hydrogen) atoms. The van der Waals surface area contributed by atoms with Gasteiger partial charge in [-0.25, -0.2) is 0 Å². The summed E-state index contributed by atoms with van der Waals surface area (Å²) >= 11 is 5.65. The van der Waals surface area contributed by atoms with Gasteiger partial charge in [0.15, 0.2) is 0 Å². The van der Waals surface area contributed by atoms with Gasteiger partial charge in [0.2, 0.25) is 0 Å². The molecule has 0 amide bonds. The molecule has 0 spiro atoms. The maximum Gasteiger partial charge on any atom is 0.0462 e. The lowest BCUT2D eigenvalue weighted by atomic mass is 9.90. The Balaban J connectivity index is 2.32. The van der Waals surface area contributed by atoms with E-state index in [2.05, 4.69) is 66.7 Å². The van der Waals surface area contributed by atoms with Gasteiger partial charge in [0.1, 0.15) is 0 Å². The van der Waals surface area contributed by atoms with E-state index in [0.717, 1.165) is 4.90 Å². The van der Waals surface area contributed by atoms with Crippen LogP contribution >= 0.6 is 12.6 Å². The molecule has 0 aliphatic heterocycles. The van der Waals surface area contributed by atoms with Crippen LogP contribution in [0.15, 0.2) is 71.6 Å². The largest absolute Gasteiger partial charge is 0.0794 e. The van der Waals surface area contributed by atoms with Gasteiger partial charge in [-0.2, -0.15) is 0 Å². The van der Waals surface area contributed by atoms with Crippen molar-refractivity contribution in [2.45, 2.75) is 4.90 Å². The molecule has 1 radical (unpaired) electrons. The van der Waals surface area contributed by atoms with Crippen LogP contribution in [0.1, 0.15) is 0 Å². The Morgan fingerprint density at radius 1 is 0.476 bits per heavy atom. The van der Waals surface area contributed by atoms with E-state index >= 15 is 0 Å². The van der Waals surface area contributed by atoms with Crippen molar-refractivity contribution in [2.75, 3.05) is 0 Å². The number of fused-ring (bicyclic) bond motifs is 2. The van der Waals surface area contributed by atoms with E-state index in [1.54, 1.807) is 0 Å². The summed E-state index contributed by atoms with van der Waals surface area (Å²) in [5.41, 5.74) is 0. The summed E-state index contributed by atoms with van der Waals surface area (Å²) in [7, 11) is 0. The Bertz CT molecular complexity index is 1130. The van der Waals surface area contributed by atoms with Crippen molar-refractivity contribution in [1.29, 1.82) is 0 Å². The zero-order valence-electron chi connectivity index (χ0n) is 11.3. The molecule has 1 heteroatoms. The van der Waals surface area contributed by atoms with Gasteiger partial charge in [-0.15, -0.1) is 0 Å². The Morgan fingerprint density at radius 2 is 1.05 bits per heavy atom. The average molecular weight is 283 g/mol. The molecule has 5 aromatic rings. The molecule has 5 aromatic carbocycles. The van der Waals surface area contributed by atoms with E-state index in [4.69, 9.17) is 12.6 Å². The first-order valence-corrected chi connectivity index (χ1v) is 7.51. The molecule has 0 saturated heterocycles. The summed E-state index contributed by atoms with van der Waals surface area (Å²) in [4.78, 5) is 0.942. The van der Waals surface area contributed by atoms with E-state index in [-0.39, 0.29) is 0 Å². The minimum atomic E-state index is 0.942. The van der Waals surface area contributed by atoms with Crippen molar-refractivity contribution in [2.24, 2.45) is 0 Å². The Kier molecular flexibility index (Phi) is 2.06. The van der Waals surface area contributed by atoms with E-state index in [1.807, 2.05) is 0 Å². The predicted octanol–water partition coefficient (Wildman–Crippen LogP) is 6.29. The summed E-state index contributed by atoms with van der Waals surface area (Å²) in [5, 5.41) is 10.3. The van der Waals surface area contributed by atoms with Gasteiger partial charge in [0.25, 0.3) is 0 Å².